The number of ketones is 1. The number of hydrogen-bond acceptors (Lipinski definition) is 4. The maximum Gasteiger partial charge on any atom is 0.416 e. The Kier molecular flexibility index (Phi) is 5.71. The molecule has 1 unspecified atom stereocenters. The second-order valence-corrected chi connectivity index (χ2v) is 7.33. The lowest BCUT2D eigenvalue weighted by Gasteiger charge is -2.14. The normalized spacial score (nSPS) is 13.3. The summed E-state index contributed by atoms with van der Waals surface area (Å²) < 4.78 is 43.0. The van der Waals surface area contributed by atoms with E-state index in [4.69, 9.17) is 4.74 Å². The SMILES string of the molecule is O=C(NCC(O)COc1ccc(C(F)(F)F)cc1)c1ccc2c(c1)C(=O)c1ccccc1-2. The van der Waals surface area contributed by atoms with Crippen LogP contribution < -0.4 is 10.1 Å². The van der Waals surface area contributed by atoms with E-state index in [-0.39, 0.29) is 30.2 Å². The van der Waals surface area contributed by atoms with Crippen LogP contribution in [-0.2, 0) is 6.18 Å². The lowest BCUT2D eigenvalue weighted by Crippen LogP contribution is -2.35. The van der Waals surface area contributed by atoms with Crippen LogP contribution in [0.4, 0.5) is 13.2 Å². The van der Waals surface area contributed by atoms with Gasteiger partial charge in [-0.25, -0.2) is 0 Å². The third kappa shape index (κ3) is 4.36. The van der Waals surface area contributed by atoms with Crippen molar-refractivity contribution >= 4 is 11.7 Å². The topological polar surface area (TPSA) is 75.6 Å². The second kappa shape index (κ2) is 8.47. The molecule has 0 aromatic heterocycles. The molecule has 0 aliphatic heterocycles. The van der Waals surface area contributed by atoms with Gasteiger partial charge in [0.1, 0.15) is 18.5 Å². The zero-order chi connectivity index (χ0) is 22.9. The van der Waals surface area contributed by atoms with E-state index in [1.54, 1.807) is 24.3 Å². The van der Waals surface area contributed by atoms with Crippen molar-refractivity contribution in [2.24, 2.45) is 0 Å². The first-order valence-corrected chi connectivity index (χ1v) is 9.78. The Bertz CT molecular complexity index is 1170. The van der Waals surface area contributed by atoms with E-state index in [1.807, 2.05) is 12.1 Å². The van der Waals surface area contributed by atoms with Crippen LogP contribution in [0, 0.1) is 0 Å². The molecule has 1 atom stereocenters. The number of aliphatic hydroxyl groups excluding tert-OH is 1. The molecule has 3 aromatic carbocycles. The molecular weight excluding hydrogens is 423 g/mol. The second-order valence-electron chi connectivity index (χ2n) is 7.33. The summed E-state index contributed by atoms with van der Waals surface area (Å²) in [4.78, 5) is 25.0. The standard InChI is InChI=1S/C24H18F3NO4/c25-24(26,27)15-6-8-17(9-7-15)32-13-16(29)12-28-23(31)14-5-10-19-18-3-1-2-4-20(18)22(30)21(19)11-14/h1-11,16,29H,12-13H2,(H,28,31). The number of alkyl halides is 3. The fourth-order valence-electron chi connectivity index (χ4n) is 3.47. The maximum atomic E-state index is 12.6. The van der Waals surface area contributed by atoms with E-state index in [2.05, 4.69) is 5.32 Å². The Labute approximate surface area is 181 Å². The first kappa shape index (κ1) is 21.6. The van der Waals surface area contributed by atoms with Crippen LogP contribution in [-0.4, -0.2) is 36.1 Å². The average Bonchev–Trinajstić information content (AvgIpc) is 3.07. The molecule has 32 heavy (non-hydrogen) atoms. The molecule has 8 heteroatoms. The van der Waals surface area contributed by atoms with E-state index >= 15 is 0 Å². The Balaban J connectivity index is 1.32. The highest BCUT2D eigenvalue weighted by atomic mass is 19.4. The molecule has 1 amide bonds. The van der Waals surface area contributed by atoms with Crippen molar-refractivity contribution in [1.29, 1.82) is 0 Å². The number of ether oxygens (including phenoxy) is 1. The zero-order valence-corrected chi connectivity index (χ0v) is 16.6. The van der Waals surface area contributed by atoms with E-state index in [0.717, 1.165) is 35.4 Å². The smallest absolute Gasteiger partial charge is 0.416 e. The van der Waals surface area contributed by atoms with Crippen LogP contribution in [0.3, 0.4) is 0 Å². The number of aliphatic hydroxyl groups is 1. The first-order chi connectivity index (χ1) is 15.2. The van der Waals surface area contributed by atoms with Crippen LogP contribution in [0.5, 0.6) is 5.75 Å². The summed E-state index contributed by atoms with van der Waals surface area (Å²) in [7, 11) is 0. The highest BCUT2D eigenvalue weighted by Gasteiger charge is 2.30. The number of carbonyl (C=O) groups is 2. The van der Waals surface area contributed by atoms with Crippen LogP contribution in [0.2, 0.25) is 0 Å². The lowest BCUT2D eigenvalue weighted by molar-refractivity contribution is -0.137. The summed E-state index contributed by atoms with van der Waals surface area (Å²) in [5.41, 5.74) is 2.12. The Hall–Kier alpha value is -3.65. The molecule has 0 spiro atoms. The molecule has 1 aliphatic rings. The molecule has 0 saturated heterocycles. The van der Waals surface area contributed by atoms with Crippen molar-refractivity contribution in [3.63, 3.8) is 0 Å². The number of rotatable bonds is 6. The first-order valence-electron chi connectivity index (χ1n) is 9.78. The van der Waals surface area contributed by atoms with Crippen molar-refractivity contribution in [2.75, 3.05) is 13.2 Å². The van der Waals surface area contributed by atoms with Crippen LogP contribution in [0.1, 0.15) is 31.8 Å². The van der Waals surface area contributed by atoms with E-state index < -0.39 is 23.8 Å². The van der Waals surface area contributed by atoms with E-state index in [1.165, 1.54) is 6.07 Å². The molecule has 2 N–H and O–H groups in total. The molecule has 4 rings (SSSR count). The van der Waals surface area contributed by atoms with Crippen LogP contribution in [0.25, 0.3) is 11.1 Å². The number of nitrogens with one attached hydrogen (secondary N) is 1. The number of halogens is 3. The maximum absolute atomic E-state index is 12.6. The van der Waals surface area contributed by atoms with Crippen molar-refractivity contribution in [3.05, 3.63) is 89.0 Å². The third-order valence-corrected chi connectivity index (χ3v) is 5.11. The quantitative estimate of drug-likeness (QED) is 0.473. The van der Waals surface area contributed by atoms with Gasteiger partial charge < -0.3 is 15.2 Å². The molecule has 3 aromatic rings. The predicted molar refractivity (Wildman–Crippen MR) is 111 cm³/mol. The molecule has 5 nitrogen and oxygen atoms in total. The summed E-state index contributed by atoms with van der Waals surface area (Å²) in [5, 5.41) is 12.6. The third-order valence-electron chi connectivity index (χ3n) is 5.11. The highest BCUT2D eigenvalue weighted by molar-refractivity contribution is 6.22. The minimum absolute atomic E-state index is 0.134. The summed E-state index contributed by atoms with van der Waals surface area (Å²) in [5.74, 6) is -0.444. The number of fused-ring (bicyclic) bond motifs is 3. The van der Waals surface area contributed by atoms with Crippen molar-refractivity contribution < 1.29 is 32.6 Å². The van der Waals surface area contributed by atoms with Gasteiger partial charge in [0.05, 0.1) is 5.56 Å². The van der Waals surface area contributed by atoms with E-state index in [0.29, 0.717) is 11.1 Å². The molecule has 0 radical (unpaired) electrons. The predicted octanol–water partition coefficient (Wildman–Crippen LogP) is 4.09. The number of amides is 1. The van der Waals surface area contributed by atoms with E-state index in [9.17, 15) is 27.9 Å². The molecular formula is C24H18F3NO4. The molecule has 0 bridgehead atoms. The van der Waals surface area contributed by atoms with Gasteiger partial charge >= 0.3 is 6.18 Å². The zero-order valence-electron chi connectivity index (χ0n) is 16.6. The molecule has 1 aliphatic carbocycles. The fraction of sp³-hybridized carbons (Fsp3) is 0.167. The minimum atomic E-state index is -4.44. The summed E-state index contributed by atoms with van der Waals surface area (Å²) in [6, 6.07) is 16.2. The summed E-state index contributed by atoms with van der Waals surface area (Å²) >= 11 is 0. The Morgan fingerprint density at radius 2 is 1.59 bits per heavy atom. The van der Waals surface area contributed by atoms with Gasteiger partial charge in [-0.2, -0.15) is 13.2 Å². The Morgan fingerprint density at radius 3 is 2.28 bits per heavy atom. The van der Waals surface area contributed by atoms with Crippen molar-refractivity contribution in [1.82, 2.24) is 5.32 Å². The van der Waals surface area contributed by atoms with Gasteiger partial charge in [0, 0.05) is 23.2 Å². The minimum Gasteiger partial charge on any atom is -0.491 e. The molecule has 0 heterocycles. The van der Waals surface area contributed by atoms with Crippen LogP contribution in [0.15, 0.2) is 66.7 Å². The van der Waals surface area contributed by atoms with Crippen molar-refractivity contribution in [2.45, 2.75) is 12.3 Å². The number of carbonyl (C=O) groups excluding carboxylic acids is 2. The van der Waals surface area contributed by atoms with Crippen molar-refractivity contribution in [3.8, 4) is 16.9 Å². The summed E-state index contributed by atoms with van der Waals surface area (Å²) in [6.07, 6.45) is -5.52. The van der Waals surface area contributed by atoms with Gasteiger partial charge in [-0.1, -0.05) is 30.3 Å². The molecule has 164 valence electrons. The largest absolute Gasteiger partial charge is 0.491 e. The van der Waals surface area contributed by atoms with Gasteiger partial charge in [0.25, 0.3) is 5.91 Å². The van der Waals surface area contributed by atoms with Gasteiger partial charge in [0.2, 0.25) is 0 Å². The van der Waals surface area contributed by atoms with Gasteiger partial charge in [-0.3, -0.25) is 9.59 Å². The molecule has 0 fully saturated rings. The highest BCUT2D eigenvalue weighted by Crippen LogP contribution is 2.36. The Morgan fingerprint density at radius 1 is 0.938 bits per heavy atom. The van der Waals surface area contributed by atoms with Gasteiger partial charge in [-0.15, -0.1) is 0 Å². The molecule has 0 saturated carbocycles. The summed E-state index contributed by atoms with van der Waals surface area (Å²) in [6.45, 7) is -0.353. The van der Waals surface area contributed by atoms with Crippen LogP contribution >= 0.6 is 0 Å². The van der Waals surface area contributed by atoms with Gasteiger partial charge in [-0.05, 0) is 47.5 Å². The average molecular weight is 441 g/mol. The number of benzene rings is 3. The number of hydrogen-bond donors (Lipinski definition) is 2. The van der Waals surface area contributed by atoms with Gasteiger partial charge in [0.15, 0.2) is 5.78 Å². The lowest BCUT2D eigenvalue weighted by atomic mass is 10.0. The fourth-order valence-corrected chi connectivity index (χ4v) is 3.47. The monoisotopic (exact) mass is 441 g/mol.